The highest BCUT2D eigenvalue weighted by atomic mass is 35.5. The summed E-state index contributed by atoms with van der Waals surface area (Å²) in [5.41, 5.74) is 2.18. The Kier molecular flexibility index (Phi) is 3.63. The summed E-state index contributed by atoms with van der Waals surface area (Å²) in [7, 11) is 1.91. The Morgan fingerprint density at radius 2 is 2.15 bits per heavy atom. The molecule has 0 saturated heterocycles. The maximum atomic E-state index is 4.17. The molecule has 72 valence electrons. The van der Waals surface area contributed by atoms with Crippen molar-refractivity contribution >= 4 is 12.4 Å². The third-order valence-electron chi connectivity index (χ3n) is 2.09. The molecule has 1 N–H and O–H groups in total. The Morgan fingerprint density at radius 1 is 1.38 bits per heavy atom. The van der Waals surface area contributed by atoms with Crippen LogP contribution in [0.1, 0.15) is 30.1 Å². The van der Waals surface area contributed by atoms with Gasteiger partial charge < -0.3 is 5.32 Å². The van der Waals surface area contributed by atoms with E-state index in [1.807, 2.05) is 7.05 Å². The molecule has 4 heteroatoms. The highest BCUT2D eigenvalue weighted by Crippen LogP contribution is 2.38. The lowest BCUT2D eigenvalue weighted by Crippen LogP contribution is -2.08. The molecule has 0 amide bonds. The van der Waals surface area contributed by atoms with Crippen LogP contribution in [0.3, 0.4) is 0 Å². The molecule has 0 spiro atoms. The maximum absolute atomic E-state index is 4.17. The average Bonchev–Trinajstić information content (AvgIpc) is 2.89. The topological polar surface area (TPSA) is 37.8 Å². The third-order valence-corrected chi connectivity index (χ3v) is 2.09. The van der Waals surface area contributed by atoms with Gasteiger partial charge in [0.2, 0.25) is 0 Å². The third kappa shape index (κ3) is 2.64. The van der Waals surface area contributed by atoms with Gasteiger partial charge in [-0.1, -0.05) is 0 Å². The normalized spacial score (nSPS) is 15.2. The number of nitrogens with one attached hydrogen (secondary N) is 1. The fourth-order valence-electron chi connectivity index (χ4n) is 1.24. The van der Waals surface area contributed by atoms with E-state index in [1.165, 1.54) is 12.8 Å². The zero-order valence-corrected chi connectivity index (χ0v) is 8.47. The van der Waals surface area contributed by atoms with E-state index in [0.29, 0.717) is 5.92 Å². The van der Waals surface area contributed by atoms with E-state index in [2.05, 4.69) is 27.6 Å². The fourth-order valence-corrected chi connectivity index (χ4v) is 1.24. The Hall–Kier alpha value is -0.670. The SMILES string of the molecule is CNCc1ccc(C2CC2)nn1.Cl. The summed E-state index contributed by atoms with van der Waals surface area (Å²) in [6.07, 6.45) is 2.58. The quantitative estimate of drug-likeness (QED) is 0.802. The summed E-state index contributed by atoms with van der Waals surface area (Å²) >= 11 is 0. The van der Waals surface area contributed by atoms with Gasteiger partial charge in [0.05, 0.1) is 11.4 Å². The van der Waals surface area contributed by atoms with E-state index in [1.54, 1.807) is 0 Å². The van der Waals surface area contributed by atoms with E-state index in [4.69, 9.17) is 0 Å². The van der Waals surface area contributed by atoms with Crippen LogP contribution < -0.4 is 5.32 Å². The van der Waals surface area contributed by atoms with Crippen molar-refractivity contribution < 1.29 is 0 Å². The molecule has 1 aliphatic carbocycles. The molecule has 1 saturated carbocycles. The van der Waals surface area contributed by atoms with Gasteiger partial charge in [-0.2, -0.15) is 10.2 Å². The number of nitrogens with zero attached hydrogens (tertiary/aromatic N) is 2. The Morgan fingerprint density at radius 3 is 2.62 bits per heavy atom. The minimum Gasteiger partial charge on any atom is -0.314 e. The standard InChI is InChI=1S/C9H13N3.ClH/c1-10-6-8-4-5-9(12-11-8)7-2-3-7;/h4-5,7,10H,2-3,6H2,1H3;1H. The molecule has 2 rings (SSSR count). The van der Waals surface area contributed by atoms with Crippen LogP contribution in [-0.2, 0) is 6.54 Å². The van der Waals surface area contributed by atoms with Crippen LogP contribution in [-0.4, -0.2) is 17.2 Å². The lowest BCUT2D eigenvalue weighted by molar-refractivity contribution is 0.755. The highest BCUT2D eigenvalue weighted by Gasteiger charge is 2.24. The van der Waals surface area contributed by atoms with Crippen LogP contribution in [0, 0.1) is 0 Å². The van der Waals surface area contributed by atoms with Crippen molar-refractivity contribution in [3.05, 3.63) is 23.5 Å². The lowest BCUT2D eigenvalue weighted by Gasteiger charge is -1.98. The van der Waals surface area contributed by atoms with Crippen molar-refractivity contribution in [2.24, 2.45) is 0 Å². The van der Waals surface area contributed by atoms with E-state index in [9.17, 15) is 0 Å². The summed E-state index contributed by atoms with van der Waals surface area (Å²) < 4.78 is 0. The van der Waals surface area contributed by atoms with Gasteiger partial charge in [-0.15, -0.1) is 12.4 Å². The molecule has 0 unspecified atom stereocenters. The van der Waals surface area contributed by atoms with Crippen molar-refractivity contribution in [2.45, 2.75) is 25.3 Å². The van der Waals surface area contributed by atoms with Crippen LogP contribution in [0.2, 0.25) is 0 Å². The molecule has 0 bridgehead atoms. The first-order valence-corrected chi connectivity index (χ1v) is 4.37. The molecular weight excluding hydrogens is 186 g/mol. The Balaban J connectivity index is 0.000000845. The van der Waals surface area contributed by atoms with E-state index in [0.717, 1.165) is 17.9 Å². The second-order valence-corrected chi connectivity index (χ2v) is 3.25. The summed E-state index contributed by atoms with van der Waals surface area (Å²) in [5, 5.41) is 11.3. The maximum Gasteiger partial charge on any atom is 0.0769 e. The van der Waals surface area contributed by atoms with Crippen LogP contribution >= 0.6 is 12.4 Å². The predicted molar refractivity (Wildman–Crippen MR) is 54.0 cm³/mol. The molecule has 3 nitrogen and oxygen atoms in total. The highest BCUT2D eigenvalue weighted by molar-refractivity contribution is 5.85. The predicted octanol–water partition coefficient (Wildman–Crippen LogP) is 1.50. The molecule has 1 fully saturated rings. The zero-order valence-electron chi connectivity index (χ0n) is 7.66. The second-order valence-electron chi connectivity index (χ2n) is 3.25. The summed E-state index contributed by atoms with van der Waals surface area (Å²) in [6.45, 7) is 0.804. The Labute approximate surface area is 84.4 Å². The van der Waals surface area contributed by atoms with Gasteiger partial charge in [0, 0.05) is 12.5 Å². The van der Waals surface area contributed by atoms with Crippen molar-refractivity contribution in [3.8, 4) is 0 Å². The molecule has 13 heavy (non-hydrogen) atoms. The molecular formula is C9H14ClN3. The van der Waals surface area contributed by atoms with Gasteiger partial charge in [0.1, 0.15) is 0 Å². The first-order chi connectivity index (χ1) is 5.90. The minimum absolute atomic E-state index is 0. The minimum atomic E-state index is 0. The molecule has 0 atom stereocenters. The lowest BCUT2D eigenvalue weighted by atomic mass is 10.2. The van der Waals surface area contributed by atoms with Crippen molar-refractivity contribution in [2.75, 3.05) is 7.05 Å². The second kappa shape index (κ2) is 4.53. The molecule has 1 aliphatic rings. The molecule has 1 heterocycles. The van der Waals surface area contributed by atoms with Crippen molar-refractivity contribution in [1.29, 1.82) is 0 Å². The summed E-state index contributed by atoms with van der Waals surface area (Å²) in [4.78, 5) is 0. The summed E-state index contributed by atoms with van der Waals surface area (Å²) in [6, 6.07) is 4.15. The fraction of sp³-hybridized carbons (Fsp3) is 0.556. The largest absolute Gasteiger partial charge is 0.314 e. The number of rotatable bonds is 3. The van der Waals surface area contributed by atoms with Gasteiger partial charge in [0.15, 0.2) is 0 Å². The van der Waals surface area contributed by atoms with Gasteiger partial charge in [-0.3, -0.25) is 0 Å². The molecule has 0 aliphatic heterocycles. The first kappa shape index (κ1) is 10.4. The number of aromatic nitrogens is 2. The van der Waals surface area contributed by atoms with Gasteiger partial charge in [-0.05, 0) is 32.0 Å². The smallest absolute Gasteiger partial charge is 0.0769 e. The van der Waals surface area contributed by atoms with Crippen LogP contribution in [0.4, 0.5) is 0 Å². The zero-order chi connectivity index (χ0) is 8.39. The summed E-state index contributed by atoms with van der Waals surface area (Å²) in [5.74, 6) is 0.709. The molecule has 0 radical (unpaired) electrons. The Bertz CT molecular complexity index is 256. The number of halogens is 1. The first-order valence-electron chi connectivity index (χ1n) is 4.37. The number of hydrogen-bond acceptors (Lipinski definition) is 3. The van der Waals surface area contributed by atoms with Crippen LogP contribution in [0.5, 0.6) is 0 Å². The molecule has 1 aromatic heterocycles. The van der Waals surface area contributed by atoms with Gasteiger partial charge in [0.25, 0.3) is 0 Å². The van der Waals surface area contributed by atoms with Crippen LogP contribution in [0.15, 0.2) is 12.1 Å². The van der Waals surface area contributed by atoms with E-state index >= 15 is 0 Å². The molecule has 0 aromatic carbocycles. The van der Waals surface area contributed by atoms with Crippen molar-refractivity contribution in [1.82, 2.24) is 15.5 Å². The van der Waals surface area contributed by atoms with Gasteiger partial charge >= 0.3 is 0 Å². The van der Waals surface area contributed by atoms with Crippen LogP contribution in [0.25, 0.3) is 0 Å². The monoisotopic (exact) mass is 199 g/mol. The van der Waals surface area contributed by atoms with E-state index < -0.39 is 0 Å². The van der Waals surface area contributed by atoms with Crippen molar-refractivity contribution in [3.63, 3.8) is 0 Å². The average molecular weight is 200 g/mol. The number of hydrogen-bond donors (Lipinski definition) is 1. The van der Waals surface area contributed by atoms with Gasteiger partial charge in [-0.25, -0.2) is 0 Å². The molecule has 1 aromatic rings. The van der Waals surface area contributed by atoms with E-state index in [-0.39, 0.29) is 12.4 Å².